The average Bonchev–Trinajstić information content (AvgIpc) is 3.16. The summed E-state index contributed by atoms with van der Waals surface area (Å²) in [6.07, 6.45) is 1.54. The van der Waals surface area contributed by atoms with Crippen LogP contribution in [-0.2, 0) is 15.6 Å². The molecule has 5 heteroatoms. The zero-order valence-corrected chi connectivity index (χ0v) is 21.9. The lowest BCUT2D eigenvalue weighted by atomic mass is 9.82. The average molecular weight is 465 g/mol. The monoisotopic (exact) mass is 464 g/mol. The van der Waals surface area contributed by atoms with E-state index in [1.807, 2.05) is 12.1 Å². The quantitative estimate of drug-likeness (QED) is 0.447. The molecule has 184 valence electrons. The molecule has 0 aliphatic carbocycles. The first-order valence-corrected chi connectivity index (χ1v) is 12.3. The lowest BCUT2D eigenvalue weighted by Gasteiger charge is -2.20. The van der Waals surface area contributed by atoms with E-state index in [1.165, 1.54) is 22.4 Å². The van der Waals surface area contributed by atoms with E-state index in [4.69, 9.17) is 14.6 Å². The van der Waals surface area contributed by atoms with E-state index in [0.29, 0.717) is 26.2 Å². The second-order valence-corrected chi connectivity index (χ2v) is 10.2. The highest BCUT2D eigenvalue weighted by molar-refractivity contribution is 6.00. The molecule has 4 rings (SSSR count). The number of aryl methyl sites for hydroxylation is 1. The Hall–Kier alpha value is -2.50. The van der Waals surface area contributed by atoms with Crippen LogP contribution in [0.3, 0.4) is 0 Å². The van der Waals surface area contributed by atoms with Crippen LogP contribution in [0.15, 0.2) is 46.4 Å². The van der Waals surface area contributed by atoms with Crippen molar-refractivity contribution in [2.75, 3.05) is 26.4 Å². The van der Waals surface area contributed by atoms with Crippen molar-refractivity contribution in [2.45, 2.75) is 72.1 Å². The van der Waals surface area contributed by atoms with Gasteiger partial charge in [0.25, 0.3) is 0 Å². The Morgan fingerprint density at radius 1 is 0.735 bits per heavy atom. The summed E-state index contributed by atoms with van der Waals surface area (Å²) < 4.78 is 11.2. The fourth-order valence-electron chi connectivity index (χ4n) is 4.10. The van der Waals surface area contributed by atoms with E-state index in [1.54, 1.807) is 0 Å². The maximum absolute atomic E-state index is 8.64. The highest BCUT2D eigenvalue weighted by atomic mass is 16.5. The smallest absolute Gasteiger partial charge is 0.119 e. The van der Waals surface area contributed by atoms with Crippen molar-refractivity contribution in [3.63, 3.8) is 0 Å². The molecule has 5 nitrogen and oxygen atoms in total. The van der Waals surface area contributed by atoms with Crippen LogP contribution in [-0.4, -0.2) is 43.0 Å². The number of benzene rings is 2. The summed E-state index contributed by atoms with van der Waals surface area (Å²) in [6.45, 7) is 17.3. The third kappa shape index (κ3) is 5.76. The second kappa shape index (κ2) is 10.8. The van der Waals surface area contributed by atoms with Crippen LogP contribution < -0.4 is 4.74 Å². The van der Waals surface area contributed by atoms with Crippen molar-refractivity contribution in [3.05, 3.63) is 53.1 Å². The summed E-state index contributed by atoms with van der Waals surface area (Å²) in [7, 11) is 0. The predicted molar refractivity (Wildman–Crippen MR) is 142 cm³/mol. The van der Waals surface area contributed by atoms with Gasteiger partial charge in [0.1, 0.15) is 5.75 Å². The van der Waals surface area contributed by atoms with E-state index in [0.717, 1.165) is 29.3 Å². The molecule has 0 unspecified atom stereocenters. The van der Waals surface area contributed by atoms with Crippen molar-refractivity contribution >= 4 is 22.8 Å². The lowest BCUT2D eigenvalue weighted by Crippen LogP contribution is -2.22. The Morgan fingerprint density at radius 2 is 1.29 bits per heavy atom. The third-order valence-electron chi connectivity index (χ3n) is 7.00. The molecule has 34 heavy (non-hydrogen) atoms. The van der Waals surface area contributed by atoms with Gasteiger partial charge < -0.3 is 14.6 Å². The minimum Gasteiger partial charge on any atom is -0.493 e. The van der Waals surface area contributed by atoms with Crippen LogP contribution in [0.25, 0.3) is 0 Å². The molecular weight excluding hydrogens is 424 g/mol. The van der Waals surface area contributed by atoms with Crippen molar-refractivity contribution in [1.82, 2.24) is 0 Å². The van der Waals surface area contributed by atoms with Crippen LogP contribution in [0, 0.1) is 6.92 Å². The zero-order valence-electron chi connectivity index (χ0n) is 21.9. The molecule has 0 amide bonds. The maximum atomic E-state index is 8.64. The number of ether oxygens (including phenoxy) is 2. The molecule has 0 spiro atoms. The summed E-state index contributed by atoms with van der Waals surface area (Å²) in [5.41, 5.74) is 8.59. The topological polar surface area (TPSA) is 63.4 Å². The minimum atomic E-state index is -0.0118. The largest absolute Gasteiger partial charge is 0.493 e. The standard InChI is InChI=1S/C17H25NO3.C12H15N/c1-13-17(2,3)15-12-14(6-7-16(15)18-13)21-11-5-10-20-9-4-8-19;1-8-5-6-11-10(7-8)12(3,4)9(2)13-11/h6-7,12,19H,4-5,8-11H2,1-3H3;5-7H,1-4H3. The molecule has 2 aliphatic heterocycles. The van der Waals surface area contributed by atoms with Gasteiger partial charge in [-0.15, -0.1) is 0 Å². The van der Waals surface area contributed by atoms with Gasteiger partial charge in [-0.05, 0) is 62.6 Å². The number of nitrogens with zero attached hydrogens (tertiary/aromatic N) is 2. The van der Waals surface area contributed by atoms with Crippen molar-refractivity contribution in [1.29, 1.82) is 0 Å². The van der Waals surface area contributed by atoms with Crippen LogP contribution in [0.1, 0.15) is 71.1 Å². The SMILES string of the molecule is CC1=Nc2ccc(C)cc2C1(C)C.CC1=Nc2ccc(OCCCOCCCO)cc2C1(C)C. The number of aliphatic hydroxyl groups excluding tert-OH is 1. The molecule has 2 aromatic rings. The number of aliphatic imine (C=N–C) groups is 2. The summed E-state index contributed by atoms with van der Waals surface area (Å²) in [6, 6.07) is 12.6. The van der Waals surface area contributed by atoms with Crippen molar-refractivity contribution in [3.8, 4) is 5.75 Å². The molecule has 2 aromatic carbocycles. The van der Waals surface area contributed by atoms with Gasteiger partial charge in [0, 0.05) is 48.5 Å². The summed E-state index contributed by atoms with van der Waals surface area (Å²) in [4.78, 5) is 9.17. The zero-order chi connectivity index (χ0) is 24.9. The van der Waals surface area contributed by atoms with E-state index < -0.39 is 0 Å². The van der Waals surface area contributed by atoms with Crippen molar-refractivity contribution < 1.29 is 14.6 Å². The van der Waals surface area contributed by atoms with Gasteiger partial charge in [-0.1, -0.05) is 45.4 Å². The molecule has 0 bridgehead atoms. The summed E-state index contributed by atoms with van der Waals surface area (Å²) in [5.74, 6) is 0.891. The van der Waals surface area contributed by atoms with E-state index >= 15 is 0 Å². The molecule has 2 heterocycles. The number of hydrogen-bond acceptors (Lipinski definition) is 5. The maximum Gasteiger partial charge on any atom is 0.119 e. The summed E-state index contributed by atoms with van der Waals surface area (Å²) >= 11 is 0. The molecule has 0 radical (unpaired) electrons. The van der Waals surface area contributed by atoms with Crippen LogP contribution in [0.2, 0.25) is 0 Å². The first-order valence-electron chi connectivity index (χ1n) is 12.3. The molecule has 2 aliphatic rings. The van der Waals surface area contributed by atoms with Gasteiger partial charge in [-0.3, -0.25) is 9.98 Å². The number of aliphatic hydroxyl groups is 1. The molecule has 1 N–H and O–H groups in total. The number of fused-ring (bicyclic) bond motifs is 2. The molecular formula is C29H40N2O3. The second-order valence-electron chi connectivity index (χ2n) is 10.2. The Balaban J connectivity index is 0.000000212. The van der Waals surface area contributed by atoms with Crippen LogP contribution in [0.5, 0.6) is 5.75 Å². The fourth-order valence-corrected chi connectivity index (χ4v) is 4.10. The van der Waals surface area contributed by atoms with Gasteiger partial charge >= 0.3 is 0 Å². The van der Waals surface area contributed by atoms with Gasteiger partial charge in [0.2, 0.25) is 0 Å². The Labute approximate surface area is 204 Å². The first kappa shape index (κ1) is 26.1. The van der Waals surface area contributed by atoms with E-state index in [2.05, 4.69) is 82.7 Å². The Bertz CT molecular complexity index is 1070. The number of hydrogen-bond donors (Lipinski definition) is 1. The Morgan fingerprint density at radius 3 is 1.91 bits per heavy atom. The molecule has 0 aromatic heterocycles. The molecule has 0 saturated heterocycles. The minimum absolute atomic E-state index is 0.0118. The highest BCUT2D eigenvalue weighted by Gasteiger charge is 2.33. The molecule has 0 fully saturated rings. The summed E-state index contributed by atoms with van der Waals surface area (Å²) in [5, 5.41) is 8.64. The highest BCUT2D eigenvalue weighted by Crippen LogP contribution is 2.42. The van der Waals surface area contributed by atoms with Crippen LogP contribution >= 0.6 is 0 Å². The molecule has 0 atom stereocenters. The van der Waals surface area contributed by atoms with Gasteiger partial charge in [-0.25, -0.2) is 0 Å². The number of rotatable bonds is 8. The Kier molecular flexibility index (Phi) is 8.32. The molecule has 0 saturated carbocycles. The van der Waals surface area contributed by atoms with Gasteiger partial charge in [-0.2, -0.15) is 0 Å². The van der Waals surface area contributed by atoms with E-state index in [-0.39, 0.29) is 17.4 Å². The predicted octanol–water partition coefficient (Wildman–Crippen LogP) is 6.62. The van der Waals surface area contributed by atoms with Gasteiger partial charge in [0.05, 0.1) is 18.0 Å². The lowest BCUT2D eigenvalue weighted by molar-refractivity contribution is 0.104. The fraction of sp³-hybridized carbons (Fsp3) is 0.517. The normalized spacial score (nSPS) is 16.7. The van der Waals surface area contributed by atoms with Crippen molar-refractivity contribution in [2.24, 2.45) is 9.98 Å². The van der Waals surface area contributed by atoms with E-state index in [9.17, 15) is 0 Å². The first-order chi connectivity index (χ1) is 16.1. The van der Waals surface area contributed by atoms with Crippen LogP contribution in [0.4, 0.5) is 11.4 Å². The van der Waals surface area contributed by atoms with Gasteiger partial charge in [0.15, 0.2) is 0 Å². The third-order valence-corrected chi connectivity index (χ3v) is 7.00.